The van der Waals surface area contributed by atoms with E-state index in [1.165, 1.54) is 19.2 Å². The molecule has 0 fully saturated rings. The van der Waals surface area contributed by atoms with Gasteiger partial charge >= 0.3 is 0 Å². The molecule has 5 heteroatoms. The third kappa shape index (κ3) is 1.79. The first-order valence-corrected chi connectivity index (χ1v) is 6.10. The minimum absolute atomic E-state index is 0.0446. The number of ether oxygens (including phenoxy) is 1. The molecular formula is C15H13FN2O2. The van der Waals surface area contributed by atoms with E-state index in [1.807, 2.05) is 0 Å². The highest BCUT2D eigenvalue weighted by Crippen LogP contribution is 2.33. The van der Waals surface area contributed by atoms with Crippen LogP contribution < -0.4 is 4.74 Å². The van der Waals surface area contributed by atoms with Crippen molar-refractivity contribution in [1.29, 1.82) is 0 Å². The Labute approximate surface area is 115 Å². The van der Waals surface area contributed by atoms with Crippen LogP contribution in [0.4, 0.5) is 4.39 Å². The van der Waals surface area contributed by atoms with Gasteiger partial charge < -0.3 is 14.4 Å². The molecule has 3 rings (SSSR count). The maximum atomic E-state index is 13.8. The summed E-state index contributed by atoms with van der Waals surface area (Å²) in [6.07, 6.45) is 0. The summed E-state index contributed by atoms with van der Waals surface area (Å²) < 4.78 is 20.6. The van der Waals surface area contributed by atoms with Crippen LogP contribution in [0.3, 0.4) is 0 Å². The van der Waals surface area contributed by atoms with Gasteiger partial charge in [-0.15, -0.1) is 0 Å². The van der Waals surface area contributed by atoms with E-state index < -0.39 is 0 Å². The number of nitrogens with zero attached hydrogens (tertiary/aromatic N) is 2. The standard InChI is InChI=1S/C15H13FN2O2/c1-18-12-5-3-4-11(16)14(12)17-15(18)10-7-6-9(20-2)8-13(10)19/h3-8,19H,1-2H3. The van der Waals surface area contributed by atoms with Crippen molar-refractivity contribution in [3.05, 3.63) is 42.2 Å². The first-order valence-electron chi connectivity index (χ1n) is 6.10. The molecule has 2 aromatic carbocycles. The van der Waals surface area contributed by atoms with Crippen molar-refractivity contribution in [3.8, 4) is 22.9 Å². The van der Waals surface area contributed by atoms with E-state index >= 15 is 0 Å². The van der Waals surface area contributed by atoms with E-state index in [0.717, 1.165) is 0 Å². The molecule has 0 aliphatic carbocycles. The zero-order valence-electron chi connectivity index (χ0n) is 11.1. The van der Waals surface area contributed by atoms with Gasteiger partial charge in [0.1, 0.15) is 22.8 Å². The number of fused-ring (bicyclic) bond motifs is 1. The fraction of sp³-hybridized carbons (Fsp3) is 0.133. The topological polar surface area (TPSA) is 47.3 Å². The summed E-state index contributed by atoms with van der Waals surface area (Å²) in [5.74, 6) is 0.724. The molecule has 1 aromatic heterocycles. The number of aryl methyl sites for hydroxylation is 1. The smallest absolute Gasteiger partial charge is 0.151 e. The Bertz CT molecular complexity index is 796. The van der Waals surface area contributed by atoms with E-state index in [4.69, 9.17) is 4.74 Å². The predicted molar refractivity (Wildman–Crippen MR) is 74.3 cm³/mol. The molecule has 0 amide bonds. The SMILES string of the molecule is COc1ccc(-c2nc3c(F)cccc3n2C)c(O)c1. The molecule has 0 saturated carbocycles. The number of rotatable bonds is 2. The van der Waals surface area contributed by atoms with Crippen LogP contribution in [0.25, 0.3) is 22.4 Å². The molecule has 0 saturated heterocycles. The van der Waals surface area contributed by atoms with Gasteiger partial charge in [0.25, 0.3) is 0 Å². The number of halogens is 1. The fourth-order valence-corrected chi connectivity index (χ4v) is 2.25. The van der Waals surface area contributed by atoms with Gasteiger partial charge in [-0.05, 0) is 24.3 Å². The van der Waals surface area contributed by atoms with Crippen molar-refractivity contribution in [3.63, 3.8) is 0 Å². The Morgan fingerprint density at radius 2 is 2.05 bits per heavy atom. The minimum Gasteiger partial charge on any atom is -0.507 e. The fourth-order valence-electron chi connectivity index (χ4n) is 2.25. The normalized spacial score (nSPS) is 10.9. The third-order valence-electron chi connectivity index (χ3n) is 3.31. The number of hydrogen-bond acceptors (Lipinski definition) is 3. The molecule has 3 aromatic rings. The van der Waals surface area contributed by atoms with Crippen molar-refractivity contribution in [2.75, 3.05) is 7.11 Å². The second kappa shape index (κ2) is 4.52. The first-order chi connectivity index (χ1) is 9.61. The Morgan fingerprint density at radius 1 is 1.25 bits per heavy atom. The van der Waals surface area contributed by atoms with E-state index in [9.17, 15) is 9.50 Å². The average Bonchev–Trinajstić information content (AvgIpc) is 2.78. The van der Waals surface area contributed by atoms with Crippen molar-refractivity contribution in [2.24, 2.45) is 7.05 Å². The van der Waals surface area contributed by atoms with Crippen LogP contribution in [0.1, 0.15) is 0 Å². The van der Waals surface area contributed by atoms with Gasteiger partial charge in [0.05, 0.1) is 18.2 Å². The second-order valence-electron chi connectivity index (χ2n) is 4.49. The number of aromatic nitrogens is 2. The molecule has 102 valence electrons. The van der Waals surface area contributed by atoms with Crippen LogP contribution in [0.5, 0.6) is 11.5 Å². The summed E-state index contributed by atoms with van der Waals surface area (Å²) in [6, 6.07) is 9.72. The zero-order chi connectivity index (χ0) is 14.3. The molecule has 1 N–H and O–H groups in total. The summed E-state index contributed by atoms with van der Waals surface area (Å²) >= 11 is 0. The third-order valence-corrected chi connectivity index (χ3v) is 3.31. The molecule has 0 unspecified atom stereocenters. The quantitative estimate of drug-likeness (QED) is 0.779. The lowest BCUT2D eigenvalue weighted by atomic mass is 10.2. The van der Waals surface area contributed by atoms with Gasteiger partial charge in [-0.2, -0.15) is 0 Å². The van der Waals surface area contributed by atoms with Crippen LogP contribution in [-0.4, -0.2) is 21.8 Å². The van der Waals surface area contributed by atoms with Crippen molar-refractivity contribution in [2.45, 2.75) is 0 Å². The highest BCUT2D eigenvalue weighted by atomic mass is 19.1. The zero-order valence-corrected chi connectivity index (χ0v) is 11.1. The molecule has 0 radical (unpaired) electrons. The Morgan fingerprint density at radius 3 is 2.70 bits per heavy atom. The maximum absolute atomic E-state index is 13.8. The number of benzene rings is 2. The largest absolute Gasteiger partial charge is 0.507 e. The van der Waals surface area contributed by atoms with E-state index in [1.54, 1.807) is 35.9 Å². The number of phenols is 1. The number of methoxy groups -OCH3 is 1. The highest BCUT2D eigenvalue weighted by molar-refractivity contribution is 5.82. The molecule has 0 bridgehead atoms. The van der Waals surface area contributed by atoms with Gasteiger partial charge in [-0.1, -0.05) is 6.07 Å². The monoisotopic (exact) mass is 272 g/mol. The van der Waals surface area contributed by atoms with Gasteiger partial charge in [0.15, 0.2) is 5.82 Å². The number of hydrogen-bond donors (Lipinski definition) is 1. The summed E-state index contributed by atoms with van der Waals surface area (Å²) in [5.41, 5.74) is 1.50. The molecule has 20 heavy (non-hydrogen) atoms. The van der Waals surface area contributed by atoms with Crippen LogP contribution >= 0.6 is 0 Å². The van der Waals surface area contributed by atoms with E-state index in [-0.39, 0.29) is 11.6 Å². The summed E-state index contributed by atoms with van der Waals surface area (Å²) in [7, 11) is 3.31. The second-order valence-corrected chi connectivity index (χ2v) is 4.49. The number of imidazole rings is 1. The lowest BCUT2D eigenvalue weighted by molar-refractivity contribution is 0.408. The predicted octanol–water partition coefficient (Wildman–Crippen LogP) is 3.09. The van der Waals surface area contributed by atoms with Gasteiger partial charge in [-0.25, -0.2) is 9.37 Å². The van der Waals surface area contributed by atoms with Crippen LogP contribution in [0.15, 0.2) is 36.4 Å². The number of phenolic OH excluding ortho intramolecular Hbond substituents is 1. The molecule has 1 heterocycles. The Balaban J connectivity index is 2.25. The van der Waals surface area contributed by atoms with Crippen molar-refractivity contribution in [1.82, 2.24) is 9.55 Å². The summed E-state index contributed by atoms with van der Waals surface area (Å²) in [5, 5.41) is 10.1. The van der Waals surface area contributed by atoms with E-state index in [2.05, 4.69) is 4.98 Å². The van der Waals surface area contributed by atoms with Gasteiger partial charge in [-0.3, -0.25) is 0 Å². The first kappa shape index (κ1) is 12.5. The number of aromatic hydroxyl groups is 1. The molecule has 4 nitrogen and oxygen atoms in total. The molecule has 0 aliphatic heterocycles. The summed E-state index contributed by atoms with van der Waals surface area (Å²) in [6.45, 7) is 0. The van der Waals surface area contributed by atoms with Crippen LogP contribution in [-0.2, 0) is 7.05 Å². The molecule has 0 spiro atoms. The van der Waals surface area contributed by atoms with Crippen molar-refractivity contribution < 1.29 is 14.2 Å². The Kier molecular flexibility index (Phi) is 2.82. The van der Waals surface area contributed by atoms with Crippen molar-refractivity contribution >= 4 is 11.0 Å². The maximum Gasteiger partial charge on any atom is 0.151 e. The molecular weight excluding hydrogens is 259 g/mol. The average molecular weight is 272 g/mol. The van der Waals surface area contributed by atoms with Crippen LogP contribution in [0.2, 0.25) is 0 Å². The van der Waals surface area contributed by atoms with Crippen LogP contribution in [0, 0.1) is 5.82 Å². The highest BCUT2D eigenvalue weighted by Gasteiger charge is 2.15. The Hall–Kier alpha value is -2.56. The lowest BCUT2D eigenvalue weighted by Crippen LogP contribution is -1.93. The van der Waals surface area contributed by atoms with E-state index in [0.29, 0.717) is 28.2 Å². The molecule has 0 atom stereocenters. The minimum atomic E-state index is -0.377. The lowest BCUT2D eigenvalue weighted by Gasteiger charge is -2.07. The van der Waals surface area contributed by atoms with Gasteiger partial charge in [0.2, 0.25) is 0 Å². The van der Waals surface area contributed by atoms with Gasteiger partial charge in [0, 0.05) is 13.1 Å². The number of para-hydroxylation sites is 1. The summed E-state index contributed by atoms with van der Waals surface area (Å²) in [4.78, 5) is 4.29. The molecule has 0 aliphatic rings.